The Morgan fingerprint density at radius 2 is 1.86 bits per heavy atom. The third-order valence-electron chi connectivity index (χ3n) is 5.67. The van der Waals surface area contributed by atoms with Gasteiger partial charge in [0.05, 0.1) is 0 Å². The van der Waals surface area contributed by atoms with Gasteiger partial charge in [0.15, 0.2) is 11.0 Å². The van der Waals surface area contributed by atoms with Gasteiger partial charge in [-0.15, -0.1) is 11.3 Å². The minimum Gasteiger partial charge on any atom is -0.354 e. The summed E-state index contributed by atoms with van der Waals surface area (Å²) in [5.74, 6) is 2.44. The summed E-state index contributed by atoms with van der Waals surface area (Å²) in [6, 6.07) is 9.56. The van der Waals surface area contributed by atoms with Crippen molar-refractivity contribution >= 4 is 51.9 Å². The number of hydrogen-bond donors (Lipinski definition) is 2. The van der Waals surface area contributed by atoms with Crippen LogP contribution in [0.3, 0.4) is 0 Å². The molecule has 1 aliphatic heterocycles. The van der Waals surface area contributed by atoms with E-state index in [0.717, 1.165) is 54.2 Å². The quantitative estimate of drug-likeness (QED) is 0.438. The second kappa shape index (κ2) is 11.2. The van der Waals surface area contributed by atoms with Crippen LogP contribution in [0.4, 0.5) is 22.5 Å². The molecule has 1 aromatic carbocycles. The number of carbonyl (C=O) groups is 1. The van der Waals surface area contributed by atoms with Crippen LogP contribution in [-0.2, 0) is 4.79 Å². The number of amides is 1. The molecule has 4 rings (SSSR count). The summed E-state index contributed by atoms with van der Waals surface area (Å²) in [6.07, 6.45) is 7.04. The summed E-state index contributed by atoms with van der Waals surface area (Å²) in [4.78, 5) is 31.4. The standard InChI is InChI=1S/C26H31N7OS/c1-5-25(34)28-20-9-6-19(7-10-20)8-11-22-29-23(31-26-27-17-21(35-26)18(2)3)16-24(30-22)33-14-12-32(4)13-15-33/h5-11,16-18H,1,12-15H2,2-4H3,(H,28,34)(H,27,29,30,31)/b11-8+. The van der Waals surface area contributed by atoms with E-state index in [9.17, 15) is 4.79 Å². The molecule has 1 amide bonds. The predicted octanol–water partition coefficient (Wildman–Crippen LogP) is 4.85. The van der Waals surface area contributed by atoms with E-state index in [-0.39, 0.29) is 5.91 Å². The average molecular weight is 490 g/mol. The molecule has 2 aromatic heterocycles. The molecule has 1 fully saturated rings. The number of piperazine rings is 1. The van der Waals surface area contributed by atoms with Crippen molar-refractivity contribution in [3.8, 4) is 0 Å². The summed E-state index contributed by atoms with van der Waals surface area (Å²) < 4.78 is 0. The first-order chi connectivity index (χ1) is 16.9. The molecule has 0 bridgehead atoms. The van der Waals surface area contributed by atoms with Gasteiger partial charge in [-0.2, -0.15) is 0 Å². The van der Waals surface area contributed by atoms with Crippen LogP contribution in [0, 0.1) is 0 Å². The minimum atomic E-state index is -0.233. The van der Waals surface area contributed by atoms with Gasteiger partial charge >= 0.3 is 0 Å². The lowest BCUT2D eigenvalue weighted by molar-refractivity contribution is -0.111. The van der Waals surface area contributed by atoms with E-state index >= 15 is 0 Å². The molecular formula is C26H31N7OS. The molecule has 8 nitrogen and oxygen atoms in total. The van der Waals surface area contributed by atoms with Crippen LogP contribution in [0.1, 0.15) is 36.0 Å². The number of nitrogens with zero attached hydrogens (tertiary/aromatic N) is 5. The van der Waals surface area contributed by atoms with Gasteiger partial charge in [-0.05, 0) is 42.8 Å². The highest BCUT2D eigenvalue weighted by molar-refractivity contribution is 7.15. The maximum Gasteiger partial charge on any atom is 0.247 e. The van der Waals surface area contributed by atoms with Crippen molar-refractivity contribution in [3.05, 3.63) is 65.4 Å². The maximum absolute atomic E-state index is 11.5. The van der Waals surface area contributed by atoms with E-state index < -0.39 is 0 Å². The van der Waals surface area contributed by atoms with Gasteiger partial charge < -0.3 is 20.4 Å². The van der Waals surface area contributed by atoms with Crippen LogP contribution >= 0.6 is 11.3 Å². The van der Waals surface area contributed by atoms with Crippen LogP contribution in [0.15, 0.2) is 49.2 Å². The van der Waals surface area contributed by atoms with Crippen LogP contribution in [-0.4, -0.2) is 59.0 Å². The molecule has 182 valence electrons. The van der Waals surface area contributed by atoms with Crippen LogP contribution < -0.4 is 15.5 Å². The molecule has 1 aliphatic rings. The summed E-state index contributed by atoms with van der Waals surface area (Å²) in [5.41, 5.74) is 1.70. The van der Waals surface area contributed by atoms with E-state index in [1.807, 2.05) is 48.7 Å². The molecule has 3 aromatic rings. The Hall–Kier alpha value is -3.56. The van der Waals surface area contributed by atoms with Crippen molar-refractivity contribution in [2.75, 3.05) is 48.8 Å². The summed E-state index contributed by atoms with van der Waals surface area (Å²) in [7, 11) is 2.14. The highest BCUT2D eigenvalue weighted by Gasteiger charge is 2.17. The Bertz CT molecular complexity index is 1190. The second-order valence-corrected chi connectivity index (χ2v) is 9.82. The third kappa shape index (κ3) is 6.74. The van der Waals surface area contributed by atoms with Crippen molar-refractivity contribution in [3.63, 3.8) is 0 Å². The van der Waals surface area contributed by atoms with Gasteiger partial charge in [-0.1, -0.05) is 38.6 Å². The summed E-state index contributed by atoms with van der Waals surface area (Å²) >= 11 is 1.64. The van der Waals surface area contributed by atoms with Crippen molar-refractivity contribution in [2.24, 2.45) is 0 Å². The predicted molar refractivity (Wildman–Crippen MR) is 145 cm³/mol. The molecule has 9 heteroatoms. The number of benzene rings is 1. The van der Waals surface area contributed by atoms with Crippen molar-refractivity contribution in [2.45, 2.75) is 19.8 Å². The molecule has 0 unspecified atom stereocenters. The van der Waals surface area contributed by atoms with E-state index in [4.69, 9.17) is 9.97 Å². The molecular weight excluding hydrogens is 458 g/mol. The largest absolute Gasteiger partial charge is 0.354 e. The summed E-state index contributed by atoms with van der Waals surface area (Å²) in [6.45, 7) is 11.6. The number of likely N-dealkylation sites (N-methyl/N-ethyl adjacent to an activating group) is 1. The number of anilines is 4. The van der Waals surface area contributed by atoms with Crippen molar-refractivity contribution in [1.29, 1.82) is 0 Å². The van der Waals surface area contributed by atoms with Crippen molar-refractivity contribution in [1.82, 2.24) is 19.9 Å². The van der Waals surface area contributed by atoms with E-state index in [2.05, 4.69) is 52.9 Å². The number of thiazole rings is 1. The monoisotopic (exact) mass is 489 g/mol. The first kappa shape index (κ1) is 24.6. The minimum absolute atomic E-state index is 0.233. The number of carbonyl (C=O) groups excluding carboxylic acids is 1. The Kier molecular flexibility index (Phi) is 7.89. The zero-order valence-electron chi connectivity index (χ0n) is 20.4. The number of nitrogens with one attached hydrogen (secondary N) is 2. The van der Waals surface area contributed by atoms with Crippen LogP contribution in [0.5, 0.6) is 0 Å². The second-order valence-electron chi connectivity index (χ2n) is 8.76. The molecule has 3 heterocycles. The Morgan fingerprint density at radius 1 is 1.11 bits per heavy atom. The molecule has 0 atom stereocenters. The van der Waals surface area contributed by atoms with Crippen molar-refractivity contribution < 1.29 is 4.79 Å². The van der Waals surface area contributed by atoms with Crippen LogP contribution in [0.25, 0.3) is 12.2 Å². The van der Waals surface area contributed by atoms with E-state index in [1.165, 1.54) is 11.0 Å². The fraction of sp³-hybridized carbons (Fsp3) is 0.308. The summed E-state index contributed by atoms with van der Waals surface area (Å²) in [5, 5.41) is 6.95. The lowest BCUT2D eigenvalue weighted by Crippen LogP contribution is -2.44. The van der Waals surface area contributed by atoms with E-state index in [0.29, 0.717) is 11.7 Å². The Balaban J connectivity index is 1.57. The third-order valence-corrected chi connectivity index (χ3v) is 6.89. The number of hydrogen-bond acceptors (Lipinski definition) is 8. The molecule has 2 N–H and O–H groups in total. The first-order valence-corrected chi connectivity index (χ1v) is 12.5. The Labute approximate surface area is 210 Å². The first-order valence-electron chi connectivity index (χ1n) is 11.7. The SMILES string of the molecule is C=CC(=O)Nc1ccc(/C=C/c2nc(Nc3ncc(C(C)C)s3)cc(N3CCN(C)CC3)n2)cc1. The fourth-order valence-electron chi connectivity index (χ4n) is 3.55. The smallest absolute Gasteiger partial charge is 0.247 e. The average Bonchev–Trinajstić information content (AvgIpc) is 3.33. The topological polar surface area (TPSA) is 86.3 Å². The maximum atomic E-state index is 11.5. The Morgan fingerprint density at radius 3 is 2.51 bits per heavy atom. The molecule has 0 aliphatic carbocycles. The molecule has 35 heavy (non-hydrogen) atoms. The van der Waals surface area contributed by atoms with Gasteiger partial charge in [0.2, 0.25) is 5.91 Å². The fourth-order valence-corrected chi connectivity index (χ4v) is 4.38. The normalized spacial score (nSPS) is 14.5. The number of rotatable bonds is 8. The molecule has 0 saturated carbocycles. The van der Waals surface area contributed by atoms with Gasteiger partial charge in [0.1, 0.15) is 11.6 Å². The molecule has 0 radical (unpaired) electrons. The zero-order chi connectivity index (χ0) is 24.8. The zero-order valence-corrected chi connectivity index (χ0v) is 21.2. The lowest BCUT2D eigenvalue weighted by Gasteiger charge is -2.33. The van der Waals surface area contributed by atoms with Gasteiger partial charge in [0.25, 0.3) is 0 Å². The van der Waals surface area contributed by atoms with Gasteiger partial charge in [-0.3, -0.25) is 4.79 Å². The number of aromatic nitrogens is 3. The van der Waals surface area contributed by atoms with E-state index in [1.54, 1.807) is 11.3 Å². The van der Waals surface area contributed by atoms with Crippen LogP contribution in [0.2, 0.25) is 0 Å². The van der Waals surface area contributed by atoms with Gasteiger partial charge in [0, 0.05) is 49.0 Å². The lowest BCUT2D eigenvalue weighted by atomic mass is 10.2. The highest BCUT2D eigenvalue weighted by Crippen LogP contribution is 2.28. The van der Waals surface area contributed by atoms with Gasteiger partial charge in [-0.25, -0.2) is 15.0 Å². The molecule has 0 spiro atoms. The highest BCUT2D eigenvalue weighted by atomic mass is 32.1. The molecule has 1 saturated heterocycles.